The fourth-order valence-corrected chi connectivity index (χ4v) is 11.8. The van der Waals surface area contributed by atoms with Gasteiger partial charge in [-0.25, -0.2) is 4.98 Å². The first-order valence-electron chi connectivity index (χ1n) is 33.9. The van der Waals surface area contributed by atoms with Crippen molar-refractivity contribution in [3.05, 3.63) is 290 Å². The van der Waals surface area contributed by atoms with Crippen LogP contribution in [-0.2, 0) is 12.4 Å². The summed E-state index contributed by atoms with van der Waals surface area (Å²) in [4.78, 5) is 9.27. The Labute approximate surface area is 511 Å². The molecule has 1 aliphatic rings. The largest absolute Gasteiger partial charge is 0.457 e. The third kappa shape index (κ3) is 9.20. The molecule has 14 aromatic rings. The maximum absolute atomic E-state index is 10.4. The number of para-hydroxylation sites is 5. The molecule has 0 radical (unpaired) electrons. The molecule has 0 fully saturated rings. The molecule has 0 spiro atoms. The summed E-state index contributed by atoms with van der Waals surface area (Å²) in [6.07, 6.45) is 0. The standard InChI is InChI=1S/C79H61N5O/c1-79(2,3)60-48-68(56-32-16-8-17-33-56)77(69(49-60)57-34-18-9-19-35-57)83-52-82(73-40-24-25-41-74(73)83)61-44-59(76-66(54-28-12-6-13-29-54)46-58(53-26-10-5-11-27-53)47-67(76)55-30-14-7-15-31-55)45-63(50-61)85-62-42-43-65-64-36-20-22-38-71(64)84(75(65)51-62)78-80-70-37-21-23-39-72(70)81(78)4/h5-51H,52H2,1-4H3/i4D3,20D,22D,36D,38D,46D,47D,48D,49D. The van der Waals surface area contributed by atoms with Gasteiger partial charge in [-0.1, -0.05) is 215 Å². The molecule has 0 unspecified atom stereocenters. The van der Waals surface area contributed by atoms with E-state index >= 15 is 0 Å². The van der Waals surface area contributed by atoms with Crippen molar-refractivity contribution in [2.75, 3.05) is 16.5 Å². The van der Waals surface area contributed by atoms with Crippen molar-refractivity contribution in [2.24, 2.45) is 6.98 Å². The highest BCUT2D eigenvalue weighted by Gasteiger charge is 2.34. The SMILES string of the molecule is [2H]c1c(-c2ccccc2)c([2H])c(-c2ccccc2)c(-c2cc(Oc3ccc4c5c([2H])c([2H])c([2H])c([2H])c5n(-c5nc6ccccc6n5C([2H])([2H])[2H])c4c3)cc(N3CN(c4c(-c5ccccc5)c([2H])c(C(C)(C)C)c([2H])c4-c4ccccc4)c4ccccc43)c2)c1-c1ccccc1. The van der Waals surface area contributed by atoms with E-state index in [0.29, 0.717) is 89.1 Å². The molecule has 3 heterocycles. The molecule has 408 valence electrons. The molecular formula is C79H61N5O. The summed E-state index contributed by atoms with van der Waals surface area (Å²) in [5, 5.41) is 0.563. The predicted octanol–water partition coefficient (Wildman–Crippen LogP) is 21.0. The summed E-state index contributed by atoms with van der Waals surface area (Å²) in [6, 6.07) is 74.1. The fourth-order valence-electron chi connectivity index (χ4n) is 11.8. The van der Waals surface area contributed by atoms with Crippen molar-refractivity contribution < 1.29 is 19.8 Å². The van der Waals surface area contributed by atoms with Crippen molar-refractivity contribution in [3.63, 3.8) is 0 Å². The first kappa shape index (κ1) is 40.5. The van der Waals surface area contributed by atoms with Gasteiger partial charge in [0.1, 0.15) is 18.2 Å². The van der Waals surface area contributed by atoms with Crippen LogP contribution in [0.25, 0.3) is 106 Å². The van der Waals surface area contributed by atoms with Gasteiger partial charge in [0.25, 0.3) is 0 Å². The summed E-state index contributed by atoms with van der Waals surface area (Å²) in [6.45, 7) is 3.53. The van der Waals surface area contributed by atoms with Crippen molar-refractivity contribution in [2.45, 2.75) is 26.2 Å². The number of anilines is 4. The molecule has 0 N–H and O–H groups in total. The number of imidazole rings is 1. The van der Waals surface area contributed by atoms with Gasteiger partial charge in [0, 0.05) is 50.8 Å². The maximum Gasteiger partial charge on any atom is 0.215 e. The van der Waals surface area contributed by atoms with Gasteiger partial charge in [-0.2, -0.15) is 0 Å². The summed E-state index contributed by atoms with van der Waals surface area (Å²) in [7, 11) is 0. The molecular weight excluding hydrogens is 1030 g/mol. The Morgan fingerprint density at radius 2 is 0.988 bits per heavy atom. The molecule has 0 saturated heterocycles. The van der Waals surface area contributed by atoms with E-state index in [2.05, 4.69) is 21.9 Å². The van der Waals surface area contributed by atoms with Crippen molar-refractivity contribution >= 4 is 55.6 Å². The Morgan fingerprint density at radius 3 is 1.59 bits per heavy atom. The molecule has 1 aliphatic heterocycles. The average Bonchev–Trinajstić information content (AvgIpc) is 1.45. The smallest absolute Gasteiger partial charge is 0.215 e. The Bertz CT molecular complexity index is 5290. The third-order valence-electron chi connectivity index (χ3n) is 15.9. The van der Waals surface area contributed by atoms with E-state index in [1.807, 2.05) is 203 Å². The van der Waals surface area contributed by atoms with Crippen LogP contribution >= 0.6 is 0 Å². The second kappa shape index (κ2) is 20.9. The minimum atomic E-state index is -2.79. The summed E-state index contributed by atoms with van der Waals surface area (Å²) >= 11 is 0. The Balaban J connectivity index is 1.02. The van der Waals surface area contributed by atoms with Crippen LogP contribution in [0.2, 0.25) is 0 Å². The highest BCUT2D eigenvalue weighted by atomic mass is 16.5. The molecule has 0 saturated carbocycles. The second-order valence-corrected chi connectivity index (χ2v) is 22.3. The highest BCUT2D eigenvalue weighted by Crippen LogP contribution is 2.53. The van der Waals surface area contributed by atoms with Crippen LogP contribution in [0.4, 0.5) is 22.7 Å². The van der Waals surface area contributed by atoms with E-state index < -0.39 is 24.5 Å². The summed E-state index contributed by atoms with van der Waals surface area (Å²) in [5.74, 6) is 0.476. The van der Waals surface area contributed by atoms with Gasteiger partial charge in [0.15, 0.2) is 0 Å². The predicted molar refractivity (Wildman–Crippen MR) is 355 cm³/mol. The Kier molecular flexibility index (Phi) is 9.97. The summed E-state index contributed by atoms with van der Waals surface area (Å²) < 4.78 is 114. The first-order chi connectivity index (χ1) is 46.3. The van der Waals surface area contributed by atoms with Crippen LogP contribution in [0, 0.1) is 0 Å². The van der Waals surface area contributed by atoms with E-state index in [4.69, 9.17) is 16.6 Å². The lowest BCUT2D eigenvalue weighted by molar-refractivity contribution is 0.483. The number of fused-ring (bicyclic) bond motifs is 5. The van der Waals surface area contributed by atoms with Crippen molar-refractivity contribution in [1.82, 2.24) is 14.1 Å². The molecule has 0 atom stereocenters. The summed E-state index contributed by atoms with van der Waals surface area (Å²) in [5.41, 5.74) is 11.9. The normalized spacial score (nSPS) is 14.4. The highest BCUT2D eigenvalue weighted by molar-refractivity contribution is 6.10. The van der Waals surface area contributed by atoms with Gasteiger partial charge in [-0.05, 0) is 145 Å². The number of hydrogen-bond acceptors (Lipinski definition) is 4. The van der Waals surface area contributed by atoms with Crippen molar-refractivity contribution in [3.8, 4) is 84.2 Å². The maximum atomic E-state index is 10.4. The number of hydrogen-bond donors (Lipinski definition) is 0. The second-order valence-electron chi connectivity index (χ2n) is 22.3. The lowest BCUT2D eigenvalue weighted by atomic mass is 9.82. The lowest BCUT2D eigenvalue weighted by Gasteiger charge is -2.30. The number of ether oxygens (including phenoxy) is 1. The molecule has 2 aromatic heterocycles. The van der Waals surface area contributed by atoms with Crippen LogP contribution in [0.3, 0.4) is 0 Å². The number of benzene rings is 12. The van der Waals surface area contributed by atoms with Crippen LogP contribution in [0.1, 0.15) is 41.4 Å². The molecule has 0 bridgehead atoms. The minimum absolute atomic E-state index is 0.0303. The van der Waals surface area contributed by atoms with Gasteiger partial charge in [0.05, 0.1) is 50.1 Å². The number of rotatable bonds is 11. The zero-order valence-corrected chi connectivity index (χ0v) is 46.9. The Hall–Kier alpha value is -10.7. The van der Waals surface area contributed by atoms with Crippen molar-refractivity contribution in [1.29, 1.82) is 0 Å². The molecule has 0 amide bonds. The van der Waals surface area contributed by atoms with E-state index in [9.17, 15) is 8.22 Å². The van der Waals surface area contributed by atoms with Crippen LogP contribution in [-0.4, -0.2) is 20.8 Å². The zero-order chi connectivity index (χ0) is 66.6. The Morgan fingerprint density at radius 1 is 0.447 bits per heavy atom. The zero-order valence-electron chi connectivity index (χ0n) is 57.9. The van der Waals surface area contributed by atoms with Gasteiger partial charge in [-0.3, -0.25) is 4.57 Å². The van der Waals surface area contributed by atoms with Crippen LogP contribution < -0.4 is 14.5 Å². The third-order valence-corrected chi connectivity index (χ3v) is 15.9. The van der Waals surface area contributed by atoms with Gasteiger partial charge < -0.3 is 19.1 Å². The molecule has 6 heteroatoms. The topological polar surface area (TPSA) is 38.5 Å². The number of nitrogens with zero attached hydrogens (tertiary/aromatic N) is 5. The van der Waals surface area contributed by atoms with Crippen LogP contribution in [0.5, 0.6) is 11.5 Å². The minimum Gasteiger partial charge on any atom is -0.457 e. The monoisotopic (exact) mass is 1110 g/mol. The fraction of sp³-hybridized carbons (Fsp3) is 0.0759. The van der Waals surface area contributed by atoms with E-state index in [-0.39, 0.29) is 65.5 Å². The van der Waals surface area contributed by atoms with Gasteiger partial charge in [-0.15, -0.1) is 0 Å². The lowest BCUT2D eigenvalue weighted by Crippen LogP contribution is -2.25. The molecule has 85 heavy (non-hydrogen) atoms. The number of aryl methyl sites for hydroxylation is 1. The molecule has 15 rings (SSSR count). The molecule has 0 aliphatic carbocycles. The van der Waals surface area contributed by atoms with E-state index in [0.717, 1.165) is 38.2 Å². The van der Waals surface area contributed by atoms with Crippen LogP contribution in [0.15, 0.2) is 285 Å². The molecule has 12 aromatic carbocycles. The quantitative estimate of drug-likeness (QED) is 0.129. The van der Waals surface area contributed by atoms with Gasteiger partial charge >= 0.3 is 0 Å². The molecule has 6 nitrogen and oxygen atoms in total. The van der Waals surface area contributed by atoms with E-state index in [1.165, 1.54) is 4.57 Å². The number of aromatic nitrogens is 3. The first-order valence-corrected chi connectivity index (χ1v) is 28.4. The van der Waals surface area contributed by atoms with Gasteiger partial charge in [0.2, 0.25) is 5.95 Å². The van der Waals surface area contributed by atoms with E-state index in [1.54, 1.807) is 42.5 Å². The average molecular weight is 1110 g/mol.